The van der Waals surface area contributed by atoms with Crippen molar-refractivity contribution in [2.75, 3.05) is 6.54 Å². The first-order valence-corrected chi connectivity index (χ1v) is 10.4. The van der Waals surface area contributed by atoms with Gasteiger partial charge in [0.1, 0.15) is 0 Å². The molecule has 27 heavy (non-hydrogen) atoms. The van der Waals surface area contributed by atoms with Crippen LogP contribution in [0.1, 0.15) is 61.1 Å². The quantitative estimate of drug-likeness (QED) is 0.645. The van der Waals surface area contributed by atoms with Crippen LogP contribution in [0.15, 0.2) is 41.8 Å². The summed E-state index contributed by atoms with van der Waals surface area (Å²) in [4.78, 5) is 25.0. The van der Waals surface area contributed by atoms with Crippen LogP contribution in [0.3, 0.4) is 0 Å². The lowest BCUT2D eigenvalue weighted by Gasteiger charge is -2.19. The number of carbonyl (C=O) groups is 2. The van der Waals surface area contributed by atoms with E-state index in [0.29, 0.717) is 5.92 Å². The second-order valence-electron chi connectivity index (χ2n) is 7.10. The van der Waals surface area contributed by atoms with E-state index in [1.807, 2.05) is 11.4 Å². The van der Waals surface area contributed by atoms with Crippen LogP contribution in [0.25, 0.3) is 0 Å². The first-order chi connectivity index (χ1) is 13.1. The average Bonchev–Trinajstić information content (AvgIpc) is 3.31. The van der Waals surface area contributed by atoms with E-state index in [-0.39, 0.29) is 24.5 Å². The fourth-order valence-corrected chi connectivity index (χ4v) is 3.73. The van der Waals surface area contributed by atoms with E-state index in [4.69, 9.17) is 0 Å². The Morgan fingerprint density at radius 1 is 1.15 bits per heavy atom. The largest absolute Gasteiger partial charge is 0.335 e. The van der Waals surface area contributed by atoms with E-state index >= 15 is 0 Å². The van der Waals surface area contributed by atoms with E-state index < -0.39 is 6.03 Å². The third-order valence-electron chi connectivity index (χ3n) is 4.91. The number of hydrogen-bond acceptors (Lipinski definition) is 4. The lowest BCUT2D eigenvalue weighted by Crippen LogP contribution is -2.44. The lowest BCUT2D eigenvalue weighted by atomic mass is 9.95. The van der Waals surface area contributed by atoms with E-state index in [1.165, 1.54) is 5.56 Å². The van der Waals surface area contributed by atoms with E-state index in [9.17, 15) is 9.59 Å². The Labute approximate surface area is 164 Å². The van der Waals surface area contributed by atoms with Gasteiger partial charge in [0, 0.05) is 10.9 Å². The molecule has 2 atom stereocenters. The van der Waals surface area contributed by atoms with Gasteiger partial charge in [0.2, 0.25) is 5.91 Å². The SMILES string of the molecule is CC[C@H](C)c1ccc([C@@H](NCC(=O)NC(=O)NC2CC2)c2cccs2)cc1. The Bertz CT molecular complexity index is 754. The summed E-state index contributed by atoms with van der Waals surface area (Å²) in [6.07, 6.45) is 3.09. The molecule has 3 rings (SSSR count). The van der Waals surface area contributed by atoms with Crippen LogP contribution in [-0.4, -0.2) is 24.5 Å². The van der Waals surface area contributed by atoms with Crippen molar-refractivity contribution in [3.8, 4) is 0 Å². The van der Waals surface area contributed by atoms with Gasteiger partial charge in [-0.3, -0.25) is 15.4 Å². The summed E-state index contributed by atoms with van der Waals surface area (Å²) < 4.78 is 0. The van der Waals surface area contributed by atoms with Gasteiger partial charge in [-0.05, 0) is 47.8 Å². The molecule has 1 heterocycles. The van der Waals surface area contributed by atoms with Crippen molar-refractivity contribution >= 4 is 23.3 Å². The van der Waals surface area contributed by atoms with Crippen LogP contribution in [-0.2, 0) is 4.79 Å². The lowest BCUT2D eigenvalue weighted by molar-refractivity contribution is -0.119. The molecule has 1 saturated carbocycles. The second-order valence-corrected chi connectivity index (χ2v) is 8.08. The molecule has 1 aliphatic rings. The molecule has 144 valence electrons. The fraction of sp³-hybridized carbons (Fsp3) is 0.429. The average molecular weight is 386 g/mol. The molecule has 0 radical (unpaired) electrons. The Morgan fingerprint density at radius 3 is 2.44 bits per heavy atom. The minimum Gasteiger partial charge on any atom is -0.335 e. The van der Waals surface area contributed by atoms with Crippen molar-refractivity contribution in [2.45, 2.75) is 51.1 Å². The molecule has 5 nitrogen and oxygen atoms in total. The highest BCUT2D eigenvalue weighted by atomic mass is 32.1. The Morgan fingerprint density at radius 2 is 1.85 bits per heavy atom. The van der Waals surface area contributed by atoms with Crippen molar-refractivity contribution in [1.29, 1.82) is 0 Å². The number of benzene rings is 1. The summed E-state index contributed by atoms with van der Waals surface area (Å²) in [5.74, 6) is 0.203. The van der Waals surface area contributed by atoms with Crippen LogP contribution < -0.4 is 16.0 Å². The van der Waals surface area contributed by atoms with Crippen molar-refractivity contribution in [1.82, 2.24) is 16.0 Å². The standard InChI is InChI=1S/C21H27N3O2S/c1-3-14(2)15-6-8-16(9-7-15)20(18-5-4-12-27-18)22-13-19(25)24-21(26)23-17-10-11-17/h4-9,12,14,17,20,22H,3,10-11,13H2,1-2H3,(H2,23,24,25,26)/t14-,20+/m0/s1. The zero-order valence-corrected chi connectivity index (χ0v) is 16.6. The maximum absolute atomic E-state index is 12.1. The van der Waals surface area contributed by atoms with Crippen LogP contribution >= 0.6 is 11.3 Å². The van der Waals surface area contributed by atoms with Gasteiger partial charge in [-0.25, -0.2) is 4.79 Å². The molecule has 0 aliphatic heterocycles. The molecule has 1 fully saturated rings. The number of thiophene rings is 1. The van der Waals surface area contributed by atoms with Gasteiger partial charge in [0.15, 0.2) is 0 Å². The molecule has 0 spiro atoms. The van der Waals surface area contributed by atoms with Gasteiger partial charge in [-0.1, -0.05) is 44.2 Å². The van der Waals surface area contributed by atoms with Gasteiger partial charge >= 0.3 is 6.03 Å². The van der Waals surface area contributed by atoms with Crippen molar-refractivity contribution in [2.24, 2.45) is 0 Å². The third-order valence-corrected chi connectivity index (χ3v) is 5.85. The molecule has 0 saturated heterocycles. The zero-order chi connectivity index (χ0) is 19.2. The van der Waals surface area contributed by atoms with Gasteiger partial charge in [0.05, 0.1) is 12.6 Å². The maximum Gasteiger partial charge on any atom is 0.321 e. The monoisotopic (exact) mass is 385 g/mol. The number of hydrogen-bond donors (Lipinski definition) is 3. The number of imide groups is 1. The predicted molar refractivity (Wildman–Crippen MR) is 109 cm³/mol. The van der Waals surface area contributed by atoms with Crippen LogP contribution in [0.4, 0.5) is 4.79 Å². The molecule has 1 aliphatic carbocycles. The summed E-state index contributed by atoms with van der Waals surface area (Å²) in [5, 5.41) is 10.5. The molecule has 1 aromatic heterocycles. The van der Waals surface area contributed by atoms with Gasteiger partial charge in [-0.2, -0.15) is 0 Å². The smallest absolute Gasteiger partial charge is 0.321 e. The normalized spacial score (nSPS) is 15.8. The molecular weight excluding hydrogens is 358 g/mol. The first-order valence-electron chi connectivity index (χ1n) is 9.53. The van der Waals surface area contributed by atoms with Gasteiger partial charge in [0.25, 0.3) is 0 Å². The van der Waals surface area contributed by atoms with Gasteiger partial charge in [-0.15, -0.1) is 11.3 Å². The number of rotatable bonds is 8. The molecule has 0 bridgehead atoms. The van der Waals surface area contributed by atoms with Crippen LogP contribution in [0.2, 0.25) is 0 Å². The summed E-state index contributed by atoms with van der Waals surface area (Å²) in [6, 6.07) is 12.4. The van der Waals surface area contributed by atoms with Crippen molar-refractivity contribution in [3.63, 3.8) is 0 Å². The summed E-state index contributed by atoms with van der Waals surface area (Å²) in [5.41, 5.74) is 2.43. The number of nitrogens with one attached hydrogen (secondary N) is 3. The molecule has 3 amide bonds. The maximum atomic E-state index is 12.1. The summed E-state index contributed by atoms with van der Waals surface area (Å²) in [6.45, 7) is 4.49. The molecule has 2 aromatic rings. The van der Waals surface area contributed by atoms with Crippen molar-refractivity contribution in [3.05, 3.63) is 57.8 Å². The van der Waals surface area contributed by atoms with Gasteiger partial charge < -0.3 is 5.32 Å². The molecule has 3 N–H and O–H groups in total. The minimum atomic E-state index is -0.408. The Balaban J connectivity index is 1.63. The zero-order valence-electron chi connectivity index (χ0n) is 15.8. The predicted octanol–water partition coefficient (Wildman–Crippen LogP) is 3.93. The highest BCUT2D eigenvalue weighted by molar-refractivity contribution is 7.10. The second kappa shape index (κ2) is 9.15. The van der Waals surface area contributed by atoms with Crippen LogP contribution in [0.5, 0.6) is 0 Å². The molecular formula is C21H27N3O2S. The van der Waals surface area contributed by atoms with Crippen LogP contribution in [0, 0.1) is 0 Å². The van der Waals surface area contributed by atoms with Crippen molar-refractivity contribution < 1.29 is 9.59 Å². The van der Waals surface area contributed by atoms with E-state index in [1.54, 1.807) is 11.3 Å². The minimum absolute atomic E-state index is 0.0757. The fourth-order valence-electron chi connectivity index (χ4n) is 2.91. The Hall–Kier alpha value is -2.18. The first kappa shape index (κ1) is 19.6. The molecule has 0 unspecified atom stereocenters. The Kier molecular flexibility index (Phi) is 6.63. The third kappa shape index (κ3) is 5.65. The van der Waals surface area contributed by atoms with E-state index in [2.05, 4.69) is 60.1 Å². The topological polar surface area (TPSA) is 70.2 Å². The molecule has 1 aromatic carbocycles. The number of carbonyl (C=O) groups excluding carboxylic acids is 2. The highest BCUT2D eigenvalue weighted by Gasteiger charge is 2.24. The summed E-state index contributed by atoms with van der Waals surface area (Å²) >= 11 is 1.65. The number of urea groups is 1. The molecule has 6 heteroatoms. The summed E-state index contributed by atoms with van der Waals surface area (Å²) in [7, 11) is 0. The van der Waals surface area contributed by atoms with E-state index in [0.717, 1.165) is 29.7 Å². The highest BCUT2D eigenvalue weighted by Crippen LogP contribution is 2.28. The number of amides is 3.